The van der Waals surface area contributed by atoms with Crippen molar-refractivity contribution in [2.45, 2.75) is 6.61 Å². The SMILES string of the molecule is COc1ccc(-c2ncc(CO)[nH]2)cc1.Cl. The third-order valence-electron chi connectivity index (χ3n) is 2.16. The molecule has 0 atom stereocenters. The second-order valence-electron chi connectivity index (χ2n) is 3.14. The second kappa shape index (κ2) is 5.53. The van der Waals surface area contributed by atoms with Crippen LogP contribution in [0.15, 0.2) is 30.5 Å². The Labute approximate surface area is 99.7 Å². The average molecular weight is 241 g/mol. The largest absolute Gasteiger partial charge is 0.497 e. The van der Waals surface area contributed by atoms with Gasteiger partial charge >= 0.3 is 0 Å². The maximum Gasteiger partial charge on any atom is 0.137 e. The first kappa shape index (κ1) is 12.5. The van der Waals surface area contributed by atoms with Crippen LogP contribution in [0.4, 0.5) is 0 Å². The molecule has 0 fully saturated rings. The van der Waals surface area contributed by atoms with Crippen molar-refractivity contribution in [3.05, 3.63) is 36.2 Å². The second-order valence-corrected chi connectivity index (χ2v) is 3.14. The van der Waals surface area contributed by atoms with E-state index in [-0.39, 0.29) is 19.0 Å². The molecule has 1 heterocycles. The fraction of sp³-hybridized carbons (Fsp3) is 0.182. The van der Waals surface area contributed by atoms with E-state index in [0.29, 0.717) is 5.69 Å². The molecule has 0 spiro atoms. The molecule has 0 saturated heterocycles. The fourth-order valence-corrected chi connectivity index (χ4v) is 1.34. The Kier molecular flexibility index (Phi) is 4.34. The maximum absolute atomic E-state index is 8.89. The first-order chi connectivity index (χ1) is 7.33. The molecule has 0 amide bonds. The number of aromatic nitrogens is 2. The predicted octanol–water partition coefficient (Wildman–Crippen LogP) is 2.00. The van der Waals surface area contributed by atoms with Gasteiger partial charge in [0.25, 0.3) is 0 Å². The van der Waals surface area contributed by atoms with E-state index in [4.69, 9.17) is 9.84 Å². The van der Waals surface area contributed by atoms with E-state index < -0.39 is 0 Å². The summed E-state index contributed by atoms with van der Waals surface area (Å²) < 4.78 is 5.06. The number of aromatic amines is 1. The maximum atomic E-state index is 8.89. The molecule has 0 unspecified atom stereocenters. The van der Waals surface area contributed by atoms with Crippen LogP contribution >= 0.6 is 12.4 Å². The van der Waals surface area contributed by atoms with Gasteiger partial charge in [-0.1, -0.05) is 0 Å². The number of nitrogens with zero attached hydrogens (tertiary/aromatic N) is 1. The van der Waals surface area contributed by atoms with Crippen molar-refractivity contribution in [3.8, 4) is 17.1 Å². The highest BCUT2D eigenvalue weighted by Gasteiger charge is 2.02. The third-order valence-corrected chi connectivity index (χ3v) is 2.16. The summed E-state index contributed by atoms with van der Waals surface area (Å²) in [7, 11) is 1.63. The van der Waals surface area contributed by atoms with Gasteiger partial charge in [0.1, 0.15) is 11.6 Å². The highest BCUT2D eigenvalue weighted by atomic mass is 35.5. The molecule has 0 saturated carbocycles. The van der Waals surface area contributed by atoms with Crippen LogP contribution in [0.5, 0.6) is 5.75 Å². The standard InChI is InChI=1S/C11H12N2O2.ClH/c1-15-10-4-2-8(3-5-10)11-12-6-9(7-14)13-11;/h2-6,14H,7H2,1H3,(H,12,13);1H. The molecule has 86 valence electrons. The lowest BCUT2D eigenvalue weighted by Crippen LogP contribution is -1.85. The van der Waals surface area contributed by atoms with Crippen LogP contribution in [0.3, 0.4) is 0 Å². The Hall–Kier alpha value is -1.52. The van der Waals surface area contributed by atoms with Gasteiger partial charge in [-0.15, -0.1) is 12.4 Å². The molecule has 1 aromatic heterocycles. The minimum atomic E-state index is -0.0246. The minimum absolute atomic E-state index is 0. The van der Waals surface area contributed by atoms with E-state index in [0.717, 1.165) is 17.1 Å². The summed E-state index contributed by atoms with van der Waals surface area (Å²) in [4.78, 5) is 7.17. The molecule has 2 N–H and O–H groups in total. The van der Waals surface area contributed by atoms with Gasteiger partial charge in [0.05, 0.1) is 25.6 Å². The number of ether oxygens (including phenoxy) is 1. The number of benzene rings is 1. The molecule has 4 nitrogen and oxygen atoms in total. The van der Waals surface area contributed by atoms with Gasteiger partial charge in [0.15, 0.2) is 0 Å². The van der Waals surface area contributed by atoms with E-state index >= 15 is 0 Å². The summed E-state index contributed by atoms with van der Waals surface area (Å²) in [6, 6.07) is 7.57. The van der Waals surface area contributed by atoms with Crippen LogP contribution in [0.1, 0.15) is 5.69 Å². The number of imidazole rings is 1. The van der Waals surface area contributed by atoms with E-state index in [9.17, 15) is 0 Å². The molecule has 0 aliphatic carbocycles. The number of aliphatic hydroxyl groups is 1. The Balaban J connectivity index is 0.00000128. The van der Waals surface area contributed by atoms with E-state index in [1.807, 2.05) is 24.3 Å². The van der Waals surface area contributed by atoms with Gasteiger partial charge in [-0.05, 0) is 24.3 Å². The molecular weight excluding hydrogens is 228 g/mol. The van der Waals surface area contributed by atoms with Crippen LogP contribution in [0.25, 0.3) is 11.4 Å². The van der Waals surface area contributed by atoms with Crippen LogP contribution < -0.4 is 4.74 Å². The molecule has 2 rings (SSSR count). The van der Waals surface area contributed by atoms with E-state index in [2.05, 4.69) is 9.97 Å². The first-order valence-electron chi connectivity index (χ1n) is 4.62. The topological polar surface area (TPSA) is 58.1 Å². The highest BCUT2D eigenvalue weighted by Crippen LogP contribution is 2.19. The summed E-state index contributed by atoms with van der Waals surface area (Å²) in [5, 5.41) is 8.89. The Morgan fingerprint density at radius 2 is 2.00 bits per heavy atom. The lowest BCUT2D eigenvalue weighted by atomic mass is 10.2. The van der Waals surface area contributed by atoms with Gasteiger partial charge in [-0.3, -0.25) is 0 Å². The number of H-pyrrole nitrogens is 1. The van der Waals surface area contributed by atoms with Crippen LogP contribution in [-0.2, 0) is 6.61 Å². The number of hydrogen-bond acceptors (Lipinski definition) is 3. The summed E-state index contributed by atoms with van der Waals surface area (Å²) in [6.45, 7) is -0.0246. The number of halogens is 1. The number of hydrogen-bond donors (Lipinski definition) is 2. The van der Waals surface area contributed by atoms with Crippen molar-refractivity contribution < 1.29 is 9.84 Å². The van der Waals surface area contributed by atoms with Gasteiger partial charge in [-0.25, -0.2) is 4.98 Å². The zero-order chi connectivity index (χ0) is 10.7. The molecule has 0 radical (unpaired) electrons. The summed E-state index contributed by atoms with van der Waals surface area (Å²) in [6.07, 6.45) is 1.62. The lowest BCUT2D eigenvalue weighted by Gasteiger charge is -2.00. The number of aliphatic hydroxyl groups excluding tert-OH is 1. The molecule has 5 heteroatoms. The first-order valence-corrected chi connectivity index (χ1v) is 4.62. The van der Waals surface area contributed by atoms with Crippen molar-refractivity contribution >= 4 is 12.4 Å². The van der Waals surface area contributed by atoms with Crippen molar-refractivity contribution in [2.75, 3.05) is 7.11 Å². The number of nitrogens with one attached hydrogen (secondary N) is 1. The van der Waals surface area contributed by atoms with Crippen LogP contribution in [-0.4, -0.2) is 22.2 Å². The van der Waals surface area contributed by atoms with Crippen LogP contribution in [0, 0.1) is 0 Å². The summed E-state index contributed by atoms with van der Waals surface area (Å²) in [5.74, 6) is 1.56. The fourth-order valence-electron chi connectivity index (χ4n) is 1.34. The molecule has 0 aliphatic rings. The summed E-state index contributed by atoms with van der Waals surface area (Å²) in [5.41, 5.74) is 1.68. The Bertz CT molecular complexity index is 440. The molecule has 1 aromatic carbocycles. The molecular formula is C11H13ClN2O2. The summed E-state index contributed by atoms with van der Waals surface area (Å²) >= 11 is 0. The van der Waals surface area contributed by atoms with Crippen LogP contribution in [0.2, 0.25) is 0 Å². The monoisotopic (exact) mass is 240 g/mol. The zero-order valence-electron chi connectivity index (χ0n) is 8.80. The molecule has 2 aromatic rings. The Morgan fingerprint density at radius 1 is 1.31 bits per heavy atom. The van der Waals surface area contributed by atoms with Gasteiger partial charge in [-0.2, -0.15) is 0 Å². The van der Waals surface area contributed by atoms with E-state index in [1.165, 1.54) is 0 Å². The predicted molar refractivity (Wildman–Crippen MR) is 63.7 cm³/mol. The lowest BCUT2D eigenvalue weighted by molar-refractivity contribution is 0.277. The smallest absolute Gasteiger partial charge is 0.137 e. The highest BCUT2D eigenvalue weighted by molar-refractivity contribution is 5.85. The van der Waals surface area contributed by atoms with E-state index in [1.54, 1.807) is 13.3 Å². The van der Waals surface area contributed by atoms with Crippen molar-refractivity contribution in [1.29, 1.82) is 0 Å². The quantitative estimate of drug-likeness (QED) is 0.863. The normalized spacial score (nSPS) is 9.62. The molecule has 0 bridgehead atoms. The van der Waals surface area contributed by atoms with Gasteiger partial charge in [0, 0.05) is 5.56 Å². The zero-order valence-corrected chi connectivity index (χ0v) is 9.62. The van der Waals surface area contributed by atoms with Crippen molar-refractivity contribution in [3.63, 3.8) is 0 Å². The number of rotatable bonds is 3. The van der Waals surface area contributed by atoms with Gasteiger partial charge < -0.3 is 14.8 Å². The molecule has 16 heavy (non-hydrogen) atoms. The Morgan fingerprint density at radius 3 is 2.50 bits per heavy atom. The third kappa shape index (κ3) is 2.53. The van der Waals surface area contributed by atoms with Gasteiger partial charge in [0.2, 0.25) is 0 Å². The minimum Gasteiger partial charge on any atom is -0.497 e. The average Bonchev–Trinajstić information content (AvgIpc) is 2.78. The van der Waals surface area contributed by atoms with Crippen molar-refractivity contribution in [2.24, 2.45) is 0 Å². The molecule has 0 aliphatic heterocycles. The number of methoxy groups -OCH3 is 1. The van der Waals surface area contributed by atoms with Crippen molar-refractivity contribution in [1.82, 2.24) is 9.97 Å².